The molecule has 0 saturated carbocycles. The molecule has 0 atom stereocenters. The average Bonchev–Trinajstić information content (AvgIpc) is 2.85. The smallest absolute Gasteiger partial charge is 0.287 e. The molecule has 4 aromatic rings. The van der Waals surface area contributed by atoms with Gasteiger partial charge >= 0.3 is 0 Å². The molecule has 0 N–H and O–H groups in total. The van der Waals surface area contributed by atoms with E-state index in [1.54, 1.807) is 24.3 Å². The number of benzene rings is 2. The van der Waals surface area contributed by atoms with Crippen LogP contribution in [0.2, 0.25) is 0 Å². The molecule has 2 aromatic heterocycles. The van der Waals surface area contributed by atoms with E-state index in [1.807, 2.05) is 13.0 Å². The highest BCUT2D eigenvalue weighted by Crippen LogP contribution is 2.35. The minimum absolute atomic E-state index is 0.144. The van der Waals surface area contributed by atoms with Gasteiger partial charge in [-0.15, -0.1) is 0 Å². The Morgan fingerprint density at radius 2 is 1.97 bits per heavy atom. The predicted molar refractivity (Wildman–Crippen MR) is 138 cm³/mol. The molecule has 0 unspecified atom stereocenters. The maximum atomic E-state index is 13.1. The number of hydrogen-bond donors (Lipinski definition) is 0. The summed E-state index contributed by atoms with van der Waals surface area (Å²) in [6.07, 6.45) is 3.14. The van der Waals surface area contributed by atoms with Crippen LogP contribution in [0.15, 0.2) is 67.5 Å². The molecular formula is C23H17Br2N5O5. The summed E-state index contributed by atoms with van der Waals surface area (Å²) in [5.41, 5.74) is 0.797. The monoisotopic (exact) mass is 601 g/mol. The normalized spacial score (nSPS) is 11.2. The molecule has 0 bridgehead atoms. The van der Waals surface area contributed by atoms with Crippen LogP contribution in [0.5, 0.6) is 17.4 Å². The molecule has 178 valence electrons. The summed E-state index contributed by atoms with van der Waals surface area (Å²) < 4.78 is 13.8. The number of hydrogen-bond acceptors (Lipinski definition) is 8. The van der Waals surface area contributed by atoms with Gasteiger partial charge in [-0.2, -0.15) is 9.78 Å². The molecule has 0 amide bonds. The van der Waals surface area contributed by atoms with Crippen molar-refractivity contribution in [1.29, 1.82) is 0 Å². The van der Waals surface area contributed by atoms with Crippen molar-refractivity contribution >= 4 is 54.7 Å². The van der Waals surface area contributed by atoms with Crippen LogP contribution in [0, 0.1) is 10.1 Å². The lowest BCUT2D eigenvalue weighted by Crippen LogP contribution is -2.22. The highest BCUT2D eigenvalue weighted by atomic mass is 79.9. The first-order valence-corrected chi connectivity index (χ1v) is 11.8. The van der Waals surface area contributed by atoms with E-state index in [9.17, 15) is 14.9 Å². The fraction of sp³-hybridized carbons (Fsp3) is 0.130. The summed E-state index contributed by atoms with van der Waals surface area (Å²) in [5, 5.41) is 15.7. The second-order valence-electron chi connectivity index (χ2n) is 7.14. The predicted octanol–water partition coefficient (Wildman–Crippen LogP) is 5.47. The Labute approximate surface area is 215 Å². The molecule has 0 aliphatic rings. The van der Waals surface area contributed by atoms with Crippen molar-refractivity contribution in [3.63, 3.8) is 0 Å². The van der Waals surface area contributed by atoms with Gasteiger partial charge in [0.15, 0.2) is 11.5 Å². The largest absolute Gasteiger partial charge is 0.493 e. The van der Waals surface area contributed by atoms with Crippen LogP contribution in [0.25, 0.3) is 10.9 Å². The lowest BCUT2D eigenvalue weighted by Gasteiger charge is -2.12. The van der Waals surface area contributed by atoms with Gasteiger partial charge in [0.1, 0.15) is 12.0 Å². The Balaban J connectivity index is 1.69. The molecule has 2 heterocycles. The van der Waals surface area contributed by atoms with Crippen molar-refractivity contribution in [2.45, 2.75) is 13.3 Å². The molecule has 0 aliphatic heterocycles. The van der Waals surface area contributed by atoms with Crippen LogP contribution in [-0.2, 0) is 6.42 Å². The summed E-state index contributed by atoms with van der Waals surface area (Å²) in [6, 6.07) is 11.4. The quantitative estimate of drug-likeness (QED) is 0.156. The van der Waals surface area contributed by atoms with E-state index < -0.39 is 4.92 Å². The number of nitro groups is 1. The van der Waals surface area contributed by atoms with E-state index in [0.717, 1.165) is 10.7 Å². The van der Waals surface area contributed by atoms with E-state index >= 15 is 0 Å². The van der Waals surface area contributed by atoms with Gasteiger partial charge in [-0.25, -0.2) is 9.97 Å². The fourth-order valence-corrected chi connectivity index (χ4v) is 3.99. The van der Waals surface area contributed by atoms with E-state index in [2.05, 4.69) is 46.9 Å². The Morgan fingerprint density at radius 1 is 1.17 bits per heavy atom. The molecule has 12 heteroatoms. The van der Waals surface area contributed by atoms with Crippen molar-refractivity contribution in [2.24, 2.45) is 5.10 Å². The zero-order valence-corrected chi connectivity index (χ0v) is 21.6. The highest BCUT2D eigenvalue weighted by molar-refractivity contribution is 9.10. The first-order valence-electron chi connectivity index (χ1n) is 10.2. The van der Waals surface area contributed by atoms with Crippen LogP contribution in [0.4, 0.5) is 5.69 Å². The van der Waals surface area contributed by atoms with Crippen LogP contribution in [0.3, 0.4) is 0 Å². The van der Waals surface area contributed by atoms with E-state index in [-0.39, 0.29) is 17.1 Å². The zero-order chi connectivity index (χ0) is 25.1. The van der Waals surface area contributed by atoms with Gasteiger partial charge in [0.25, 0.3) is 11.2 Å². The third kappa shape index (κ3) is 5.23. The second kappa shape index (κ2) is 10.3. The lowest BCUT2D eigenvalue weighted by atomic mass is 10.2. The molecule has 10 nitrogen and oxygen atoms in total. The van der Waals surface area contributed by atoms with Gasteiger partial charge in [0.2, 0.25) is 5.88 Å². The van der Waals surface area contributed by atoms with Crippen molar-refractivity contribution in [3.8, 4) is 17.4 Å². The molecule has 35 heavy (non-hydrogen) atoms. The fourth-order valence-electron chi connectivity index (χ4n) is 3.21. The topological polar surface area (TPSA) is 122 Å². The molecule has 0 spiro atoms. The Hall–Kier alpha value is -3.64. The Bertz CT molecular complexity index is 1520. The highest BCUT2D eigenvalue weighted by Gasteiger charge is 2.14. The number of aromatic nitrogens is 3. The maximum absolute atomic E-state index is 13.1. The van der Waals surface area contributed by atoms with Gasteiger partial charge in [0.05, 0.1) is 29.2 Å². The summed E-state index contributed by atoms with van der Waals surface area (Å²) in [7, 11) is 1.48. The van der Waals surface area contributed by atoms with Crippen LogP contribution in [-0.4, -0.2) is 32.9 Å². The van der Waals surface area contributed by atoms with E-state index in [0.29, 0.717) is 44.7 Å². The summed E-state index contributed by atoms with van der Waals surface area (Å²) in [5.74, 6) is 1.39. The number of methoxy groups -OCH3 is 1. The number of halogens is 2. The number of aryl methyl sites for hydroxylation is 1. The van der Waals surface area contributed by atoms with E-state index in [1.165, 1.54) is 30.1 Å². The first-order chi connectivity index (χ1) is 16.8. The second-order valence-corrected chi connectivity index (χ2v) is 8.91. The Morgan fingerprint density at radius 3 is 2.63 bits per heavy atom. The molecule has 0 aliphatic carbocycles. The van der Waals surface area contributed by atoms with Gasteiger partial charge < -0.3 is 9.47 Å². The van der Waals surface area contributed by atoms with Crippen LogP contribution < -0.4 is 15.0 Å². The van der Waals surface area contributed by atoms with E-state index in [4.69, 9.17) is 9.47 Å². The molecule has 0 fully saturated rings. The summed E-state index contributed by atoms with van der Waals surface area (Å²) in [6.45, 7) is 1.90. The lowest BCUT2D eigenvalue weighted by molar-refractivity contribution is -0.385. The number of pyridine rings is 1. The first kappa shape index (κ1) is 24.5. The van der Waals surface area contributed by atoms with Gasteiger partial charge in [-0.1, -0.05) is 22.9 Å². The van der Waals surface area contributed by atoms with Crippen LogP contribution in [0.1, 0.15) is 18.3 Å². The zero-order valence-electron chi connectivity index (χ0n) is 18.4. The maximum Gasteiger partial charge on any atom is 0.287 e. The molecule has 0 saturated heterocycles. The molecular weight excluding hydrogens is 586 g/mol. The molecule has 2 aromatic carbocycles. The number of nitrogens with zero attached hydrogens (tertiary/aromatic N) is 5. The number of fused-ring (bicyclic) bond motifs is 1. The summed E-state index contributed by atoms with van der Waals surface area (Å²) in [4.78, 5) is 31.9. The van der Waals surface area contributed by atoms with Crippen molar-refractivity contribution in [2.75, 3.05) is 7.11 Å². The van der Waals surface area contributed by atoms with Crippen molar-refractivity contribution in [3.05, 3.63) is 89.5 Å². The minimum Gasteiger partial charge on any atom is -0.493 e. The van der Waals surface area contributed by atoms with Gasteiger partial charge in [0, 0.05) is 33.1 Å². The van der Waals surface area contributed by atoms with Crippen molar-refractivity contribution < 1.29 is 14.4 Å². The Kier molecular flexibility index (Phi) is 7.22. The third-order valence-corrected chi connectivity index (χ3v) is 6.11. The average molecular weight is 603 g/mol. The van der Waals surface area contributed by atoms with Crippen LogP contribution >= 0.6 is 31.9 Å². The third-order valence-electron chi connectivity index (χ3n) is 4.93. The van der Waals surface area contributed by atoms with Gasteiger partial charge in [-0.05, 0) is 46.3 Å². The summed E-state index contributed by atoms with van der Waals surface area (Å²) >= 11 is 6.87. The van der Waals surface area contributed by atoms with Crippen molar-refractivity contribution in [1.82, 2.24) is 14.6 Å². The SMILES string of the molecule is CCc1nc2ccc(Br)cc2c(=O)n1N=Cc1cc(OC)c(Oc2ccc([N+](=O)[O-])cn2)cc1Br. The standard InChI is InChI=1S/C23H17Br2N5O5/c1-3-21-28-18-6-4-14(24)9-16(18)23(31)29(21)27-11-13-8-19(34-2)20(10-17(13)25)35-22-7-5-15(12-26-22)30(32)33/h4-12H,3H2,1-2H3. The number of ether oxygens (including phenoxy) is 2. The minimum atomic E-state index is -0.540. The van der Waals surface area contributed by atoms with Gasteiger partial charge in [-0.3, -0.25) is 14.9 Å². The molecule has 4 rings (SSSR count). The number of rotatable bonds is 7. The molecule has 0 radical (unpaired) electrons.